The van der Waals surface area contributed by atoms with Crippen molar-refractivity contribution in [3.05, 3.63) is 70.9 Å². The molecule has 12 heteroatoms. The van der Waals surface area contributed by atoms with E-state index >= 15 is 0 Å². The third-order valence-corrected chi connectivity index (χ3v) is 5.37. The Balaban J connectivity index is 1.24. The van der Waals surface area contributed by atoms with Gasteiger partial charge in [-0.15, -0.1) is 0 Å². The van der Waals surface area contributed by atoms with Gasteiger partial charge in [0.1, 0.15) is 17.3 Å². The van der Waals surface area contributed by atoms with Gasteiger partial charge in [-0.1, -0.05) is 17.7 Å². The number of carbonyl (C=O) groups excluding carboxylic acids is 1. The highest BCUT2D eigenvalue weighted by Crippen LogP contribution is 2.44. The number of nitrogens with zero attached hydrogens (tertiary/aromatic N) is 4. The van der Waals surface area contributed by atoms with Crippen LogP contribution < -0.4 is 25.4 Å². The van der Waals surface area contributed by atoms with Gasteiger partial charge in [0.15, 0.2) is 17.3 Å². The van der Waals surface area contributed by atoms with E-state index in [1.54, 1.807) is 42.6 Å². The predicted octanol–water partition coefficient (Wildman–Crippen LogP) is 3.74. The maximum Gasteiger partial charge on any atom is 0.251 e. The van der Waals surface area contributed by atoms with E-state index in [2.05, 4.69) is 41.1 Å². The fourth-order valence-electron chi connectivity index (χ4n) is 3.44. The van der Waals surface area contributed by atoms with Crippen LogP contribution in [-0.4, -0.2) is 44.4 Å². The lowest BCUT2D eigenvalue weighted by atomic mass is 10.2. The molecule has 0 aliphatic carbocycles. The maximum atomic E-state index is 12.6. The molecule has 5 rings (SSSR count). The van der Waals surface area contributed by atoms with Crippen LogP contribution >= 0.6 is 11.6 Å². The van der Waals surface area contributed by atoms with Gasteiger partial charge >= 0.3 is 0 Å². The van der Waals surface area contributed by atoms with Gasteiger partial charge in [-0.05, 0) is 43.3 Å². The second-order valence-corrected chi connectivity index (χ2v) is 8.00. The van der Waals surface area contributed by atoms with E-state index in [1.807, 2.05) is 13.0 Å². The molecule has 0 saturated carbocycles. The van der Waals surface area contributed by atoms with E-state index in [0.717, 1.165) is 5.82 Å². The van der Waals surface area contributed by atoms with E-state index in [1.165, 1.54) is 0 Å². The van der Waals surface area contributed by atoms with Gasteiger partial charge in [0.2, 0.25) is 12.7 Å². The molecule has 11 nitrogen and oxygen atoms in total. The van der Waals surface area contributed by atoms with Crippen molar-refractivity contribution < 1.29 is 14.3 Å². The van der Waals surface area contributed by atoms with Crippen LogP contribution in [0.1, 0.15) is 22.0 Å². The molecule has 3 heterocycles. The topological polar surface area (TPSA) is 139 Å². The number of carbonyl (C=O) groups is 1. The zero-order valence-electron chi connectivity index (χ0n) is 18.6. The number of nitrogens with one attached hydrogen (secondary N) is 4. The largest absolute Gasteiger partial charge is 0.454 e. The Kier molecular flexibility index (Phi) is 6.31. The van der Waals surface area contributed by atoms with Crippen molar-refractivity contribution in [2.45, 2.75) is 13.3 Å². The zero-order chi connectivity index (χ0) is 24.2. The van der Waals surface area contributed by atoms with E-state index in [4.69, 9.17) is 21.1 Å². The number of aromatic nitrogens is 5. The number of aryl methyl sites for hydroxylation is 1. The van der Waals surface area contributed by atoms with E-state index in [-0.39, 0.29) is 12.7 Å². The molecule has 2 aromatic heterocycles. The lowest BCUT2D eigenvalue weighted by Crippen LogP contribution is -2.26. The summed E-state index contributed by atoms with van der Waals surface area (Å²) in [5, 5.41) is 16.5. The molecule has 178 valence electrons. The second kappa shape index (κ2) is 9.85. The number of H-pyrrole nitrogens is 1. The van der Waals surface area contributed by atoms with Gasteiger partial charge in [-0.2, -0.15) is 10.1 Å². The molecular formula is C23H21ClN8O3. The minimum Gasteiger partial charge on any atom is -0.454 e. The SMILES string of the molecule is Cc1nc(CCNC(=O)c2cccc(Nc3nccc(Nc4c(Cl)ccc5c4OCO5)n3)c2)n[nH]1. The summed E-state index contributed by atoms with van der Waals surface area (Å²) in [6.07, 6.45) is 2.14. The first-order chi connectivity index (χ1) is 17.0. The Morgan fingerprint density at radius 1 is 1.14 bits per heavy atom. The summed E-state index contributed by atoms with van der Waals surface area (Å²) in [4.78, 5) is 25.5. The molecule has 4 N–H and O–H groups in total. The van der Waals surface area contributed by atoms with Crippen molar-refractivity contribution in [2.24, 2.45) is 0 Å². The monoisotopic (exact) mass is 492 g/mol. The van der Waals surface area contributed by atoms with Gasteiger partial charge in [0.05, 0.1) is 5.02 Å². The lowest BCUT2D eigenvalue weighted by molar-refractivity contribution is 0.0954. The third kappa shape index (κ3) is 5.25. The van der Waals surface area contributed by atoms with Crippen LogP contribution in [0.25, 0.3) is 0 Å². The summed E-state index contributed by atoms with van der Waals surface area (Å²) in [6.45, 7) is 2.38. The van der Waals surface area contributed by atoms with Crippen LogP contribution in [0.3, 0.4) is 0 Å². The number of anilines is 4. The predicted molar refractivity (Wildman–Crippen MR) is 130 cm³/mol. The fraction of sp³-hybridized carbons (Fsp3) is 0.174. The molecule has 1 amide bonds. The molecule has 0 fully saturated rings. The van der Waals surface area contributed by atoms with Gasteiger partial charge < -0.3 is 25.4 Å². The molecule has 0 saturated heterocycles. The van der Waals surface area contributed by atoms with Crippen LogP contribution in [0.2, 0.25) is 5.02 Å². The van der Waals surface area contributed by atoms with Crippen LogP contribution in [-0.2, 0) is 6.42 Å². The Labute approximate surface area is 205 Å². The number of hydrogen-bond acceptors (Lipinski definition) is 9. The molecule has 1 aliphatic heterocycles. The van der Waals surface area contributed by atoms with Crippen molar-refractivity contribution in [1.82, 2.24) is 30.5 Å². The average Bonchev–Trinajstić information content (AvgIpc) is 3.50. The van der Waals surface area contributed by atoms with E-state index in [0.29, 0.717) is 64.0 Å². The second-order valence-electron chi connectivity index (χ2n) is 7.60. The summed E-state index contributed by atoms with van der Waals surface area (Å²) in [5.74, 6) is 3.18. The van der Waals surface area contributed by atoms with Crippen molar-refractivity contribution in [1.29, 1.82) is 0 Å². The Bertz CT molecular complexity index is 1380. The van der Waals surface area contributed by atoms with Crippen LogP contribution in [0, 0.1) is 6.92 Å². The van der Waals surface area contributed by atoms with Crippen LogP contribution in [0.15, 0.2) is 48.7 Å². The summed E-state index contributed by atoms with van der Waals surface area (Å²) < 4.78 is 10.9. The lowest BCUT2D eigenvalue weighted by Gasteiger charge is -2.12. The molecule has 0 spiro atoms. The molecule has 4 aromatic rings. The quantitative estimate of drug-likeness (QED) is 0.289. The van der Waals surface area contributed by atoms with Gasteiger partial charge in [-0.3, -0.25) is 9.89 Å². The van der Waals surface area contributed by atoms with Crippen molar-refractivity contribution >= 4 is 40.6 Å². The van der Waals surface area contributed by atoms with Gasteiger partial charge in [-0.25, -0.2) is 9.97 Å². The maximum absolute atomic E-state index is 12.6. The standard InChI is InChI=1S/C23H21ClN8O3/c1-13-27-19(32-31-13)8-9-25-22(33)14-3-2-4-15(11-14)28-23-26-10-7-18(30-23)29-20-16(24)5-6-17-21(20)35-12-34-17/h2-7,10-11H,8-9,12H2,1H3,(H,25,33)(H,27,31,32)(H2,26,28,29,30). The highest BCUT2D eigenvalue weighted by molar-refractivity contribution is 6.33. The minimum atomic E-state index is -0.202. The third-order valence-electron chi connectivity index (χ3n) is 5.06. The zero-order valence-corrected chi connectivity index (χ0v) is 19.4. The molecule has 35 heavy (non-hydrogen) atoms. The average molecular weight is 493 g/mol. The molecule has 0 bridgehead atoms. The first-order valence-electron chi connectivity index (χ1n) is 10.8. The number of amides is 1. The summed E-state index contributed by atoms with van der Waals surface area (Å²) in [5.41, 5.74) is 1.72. The number of ether oxygens (including phenoxy) is 2. The number of fused-ring (bicyclic) bond motifs is 1. The number of rotatable bonds is 8. The number of aromatic amines is 1. The number of hydrogen-bond donors (Lipinski definition) is 4. The number of benzene rings is 2. The first-order valence-corrected chi connectivity index (χ1v) is 11.1. The van der Waals surface area contributed by atoms with Crippen LogP contribution in [0.5, 0.6) is 11.5 Å². The smallest absolute Gasteiger partial charge is 0.251 e. The van der Waals surface area contributed by atoms with Crippen molar-refractivity contribution in [3.63, 3.8) is 0 Å². The molecule has 1 aliphatic rings. The molecule has 0 atom stereocenters. The van der Waals surface area contributed by atoms with E-state index in [9.17, 15) is 4.79 Å². The number of halogens is 1. The Hall–Kier alpha value is -4.38. The summed E-state index contributed by atoms with van der Waals surface area (Å²) >= 11 is 6.34. The Morgan fingerprint density at radius 3 is 2.91 bits per heavy atom. The molecular weight excluding hydrogens is 472 g/mol. The van der Waals surface area contributed by atoms with Gasteiger partial charge in [0, 0.05) is 30.4 Å². The summed E-state index contributed by atoms with van der Waals surface area (Å²) in [7, 11) is 0. The summed E-state index contributed by atoms with van der Waals surface area (Å²) in [6, 6.07) is 12.2. The Morgan fingerprint density at radius 2 is 2.06 bits per heavy atom. The molecule has 0 unspecified atom stereocenters. The van der Waals surface area contributed by atoms with Crippen molar-refractivity contribution in [3.8, 4) is 11.5 Å². The molecule has 2 aromatic carbocycles. The molecule has 0 radical (unpaired) electrons. The highest BCUT2D eigenvalue weighted by atomic mass is 35.5. The minimum absolute atomic E-state index is 0.129. The fourth-order valence-corrected chi connectivity index (χ4v) is 3.64. The first kappa shape index (κ1) is 22.4. The normalized spacial score (nSPS) is 11.8. The van der Waals surface area contributed by atoms with Crippen molar-refractivity contribution in [2.75, 3.05) is 24.0 Å². The van der Waals surface area contributed by atoms with Crippen LogP contribution in [0.4, 0.5) is 23.1 Å². The van der Waals surface area contributed by atoms with Gasteiger partial charge in [0.25, 0.3) is 5.91 Å². The van der Waals surface area contributed by atoms with E-state index < -0.39 is 0 Å². The highest BCUT2D eigenvalue weighted by Gasteiger charge is 2.21.